The standard InChI is InChI=1S/C20H17N5O4S/c26-19(14-30-20-21-10-1-11-22-20)24-23-12-15-4-8-18(9-5-15)29-13-16-2-6-17(7-3-16)25(27)28/h1-12H,13-14H2,(H,24,26)/b23-12-. The zero-order chi connectivity index (χ0) is 21.2. The highest BCUT2D eigenvalue weighted by Gasteiger charge is 2.05. The number of benzene rings is 2. The zero-order valence-corrected chi connectivity index (χ0v) is 16.5. The lowest BCUT2D eigenvalue weighted by Crippen LogP contribution is -2.19. The van der Waals surface area contributed by atoms with Crippen LogP contribution in [0.5, 0.6) is 5.75 Å². The molecule has 0 aliphatic rings. The van der Waals surface area contributed by atoms with Crippen molar-refractivity contribution in [1.82, 2.24) is 15.4 Å². The Morgan fingerprint density at radius 3 is 2.50 bits per heavy atom. The maximum absolute atomic E-state index is 11.8. The minimum Gasteiger partial charge on any atom is -0.489 e. The number of aromatic nitrogens is 2. The van der Waals surface area contributed by atoms with Gasteiger partial charge in [-0.1, -0.05) is 11.8 Å². The zero-order valence-electron chi connectivity index (χ0n) is 15.7. The quantitative estimate of drug-likeness (QED) is 0.184. The van der Waals surface area contributed by atoms with E-state index in [1.807, 2.05) is 0 Å². The van der Waals surface area contributed by atoms with Crippen molar-refractivity contribution in [2.24, 2.45) is 5.10 Å². The molecule has 0 unspecified atom stereocenters. The van der Waals surface area contributed by atoms with E-state index in [0.29, 0.717) is 17.5 Å². The molecule has 10 heteroatoms. The fourth-order valence-electron chi connectivity index (χ4n) is 2.23. The van der Waals surface area contributed by atoms with E-state index in [9.17, 15) is 14.9 Å². The molecule has 1 amide bonds. The van der Waals surface area contributed by atoms with E-state index in [1.54, 1.807) is 54.9 Å². The fraction of sp³-hybridized carbons (Fsp3) is 0.100. The number of nitrogens with zero attached hydrogens (tertiary/aromatic N) is 4. The van der Waals surface area contributed by atoms with Gasteiger partial charge in [0.2, 0.25) is 0 Å². The molecule has 0 bridgehead atoms. The van der Waals surface area contributed by atoms with Gasteiger partial charge in [-0.15, -0.1) is 0 Å². The Morgan fingerprint density at radius 1 is 1.13 bits per heavy atom. The van der Waals surface area contributed by atoms with Gasteiger partial charge in [-0.05, 0) is 53.6 Å². The van der Waals surface area contributed by atoms with Crippen LogP contribution in [0.2, 0.25) is 0 Å². The molecule has 152 valence electrons. The van der Waals surface area contributed by atoms with Crippen LogP contribution in [0.3, 0.4) is 0 Å². The third-order valence-electron chi connectivity index (χ3n) is 3.71. The minimum absolute atomic E-state index is 0.0430. The first-order chi connectivity index (χ1) is 14.6. The van der Waals surface area contributed by atoms with Crippen LogP contribution in [-0.4, -0.2) is 32.8 Å². The van der Waals surface area contributed by atoms with E-state index < -0.39 is 4.92 Å². The van der Waals surface area contributed by atoms with Crippen molar-refractivity contribution in [1.29, 1.82) is 0 Å². The summed E-state index contributed by atoms with van der Waals surface area (Å²) < 4.78 is 5.67. The summed E-state index contributed by atoms with van der Waals surface area (Å²) in [5.41, 5.74) is 4.11. The molecule has 0 atom stereocenters. The average molecular weight is 423 g/mol. The van der Waals surface area contributed by atoms with Gasteiger partial charge in [0.15, 0.2) is 5.16 Å². The molecule has 2 aromatic carbocycles. The fourth-order valence-corrected chi connectivity index (χ4v) is 2.83. The van der Waals surface area contributed by atoms with Crippen LogP contribution in [0.25, 0.3) is 0 Å². The van der Waals surface area contributed by atoms with Crippen LogP contribution in [0.15, 0.2) is 77.2 Å². The van der Waals surface area contributed by atoms with Crippen molar-refractivity contribution in [3.8, 4) is 5.75 Å². The van der Waals surface area contributed by atoms with Gasteiger partial charge in [-0.25, -0.2) is 15.4 Å². The Morgan fingerprint density at radius 2 is 1.83 bits per heavy atom. The number of nitro benzene ring substituents is 1. The predicted molar refractivity (Wildman–Crippen MR) is 112 cm³/mol. The van der Waals surface area contributed by atoms with Crippen molar-refractivity contribution in [3.63, 3.8) is 0 Å². The van der Waals surface area contributed by atoms with Gasteiger partial charge in [-0.2, -0.15) is 5.10 Å². The maximum Gasteiger partial charge on any atom is 0.269 e. The molecule has 0 fully saturated rings. The number of hydrogen-bond donors (Lipinski definition) is 1. The lowest BCUT2D eigenvalue weighted by atomic mass is 10.2. The molecular weight excluding hydrogens is 406 g/mol. The summed E-state index contributed by atoms with van der Waals surface area (Å²) in [6.07, 6.45) is 4.76. The van der Waals surface area contributed by atoms with Crippen LogP contribution < -0.4 is 10.2 Å². The predicted octanol–water partition coefficient (Wildman–Crippen LogP) is 3.21. The first-order valence-electron chi connectivity index (χ1n) is 8.78. The molecule has 0 saturated carbocycles. The molecule has 0 spiro atoms. The lowest BCUT2D eigenvalue weighted by Gasteiger charge is -2.06. The van der Waals surface area contributed by atoms with Gasteiger partial charge in [0.1, 0.15) is 12.4 Å². The normalized spacial score (nSPS) is 10.7. The Kier molecular flexibility index (Phi) is 7.45. The summed E-state index contributed by atoms with van der Waals surface area (Å²) >= 11 is 1.22. The molecule has 0 saturated heterocycles. The molecule has 9 nitrogen and oxygen atoms in total. The van der Waals surface area contributed by atoms with E-state index in [0.717, 1.165) is 11.1 Å². The Bertz CT molecular complexity index is 1010. The number of nitrogens with one attached hydrogen (secondary N) is 1. The number of amides is 1. The number of nitro groups is 1. The molecule has 3 aromatic rings. The molecule has 1 N–H and O–H groups in total. The Labute approximate surface area is 176 Å². The van der Waals surface area contributed by atoms with Crippen molar-refractivity contribution in [2.75, 3.05) is 5.75 Å². The van der Waals surface area contributed by atoms with Crippen LogP contribution in [0.4, 0.5) is 5.69 Å². The second-order valence-electron chi connectivity index (χ2n) is 5.89. The first kappa shape index (κ1) is 20.9. The third kappa shape index (κ3) is 6.67. The molecular formula is C20H17N5O4S. The van der Waals surface area contributed by atoms with Crippen molar-refractivity contribution in [3.05, 3.63) is 88.2 Å². The highest BCUT2D eigenvalue weighted by Crippen LogP contribution is 2.16. The second-order valence-corrected chi connectivity index (χ2v) is 6.84. The summed E-state index contributed by atoms with van der Waals surface area (Å²) in [7, 11) is 0. The van der Waals surface area contributed by atoms with E-state index in [1.165, 1.54) is 30.1 Å². The van der Waals surface area contributed by atoms with Gasteiger partial charge in [0.25, 0.3) is 11.6 Å². The number of thioether (sulfide) groups is 1. The van der Waals surface area contributed by atoms with E-state index in [2.05, 4.69) is 20.5 Å². The summed E-state index contributed by atoms with van der Waals surface area (Å²) in [4.78, 5) is 30.1. The molecule has 0 aliphatic heterocycles. The lowest BCUT2D eigenvalue weighted by molar-refractivity contribution is -0.384. The molecule has 0 radical (unpaired) electrons. The van der Waals surface area contributed by atoms with Gasteiger partial charge in [0, 0.05) is 24.5 Å². The number of carbonyl (C=O) groups excluding carboxylic acids is 1. The highest BCUT2D eigenvalue weighted by atomic mass is 32.2. The largest absolute Gasteiger partial charge is 0.489 e. The summed E-state index contributed by atoms with van der Waals surface area (Å²) in [5.74, 6) is 0.553. The summed E-state index contributed by atoms with van der Waals surface area (Å²) in [6, 6.07) is 15.1. The second kappa shape index (κ2) is 10.7. The van der Waals surface area contributed by atoms with Gasteiger partial charge in [0.05, 0.1) is 16.9 Å². The number of ether oxygens (including phenoxy) is 1. The number of non-ortho nitro benzene ring substituents is 1. The first-order valence-corrected chi connectivity index (χ1v) is 9.76. The molecule has 3 rings (SSSR count). The van der Waals surface area contributed by atoms with Gasteiger partial charge < -0.3 is 4.74 Å². The number of hydrazone groups is 1. The number of hydrogen-bond acceptors (Lipinski definition) is 8. The maximum atomic E-state index is 11.8. The summed E-state index contributed by atoms with van der Waals surface area (Å²) in [5, 5.41) is 15.1. The van der Waals surface area contributed by atoms with Gasteiger partial charge in [-0.3, -0.25) is 14.9 Å². The topological polar surface area (TPSA) is 120 Å². The van der Waals surface area contributed by atoms with Crippen molar-refractivity contribution in [2.45, 2.75) is 11.8 Å². The Hall–Kier alpha value is -3.79. The highest BCUT2D eigenvalue weighted by molar-refractivity contribution is 7.99. The van der Waals surface area contributed by atoms with E-state index in [-0.39, 0.29) is 17.3 Å². The number of carbonyl (C=O) groups is 1. The van der Waals surface area contributed by atoms with E-state index in [4.69, 9.17) is 4.74 Å². The van der Waals surface area contributed by atoms with Gasteiger partial charge >= 0.3 is 0 Å². The molecule has 1 heterocycles. The minimum atomic E-state index is -0.441. The summed E-state index contributed by atoms with van der Waals surface area (Å²) in [6.45, 7) is 0.296. The van der Waals surface area contributed by atoms with Crippen LogP contribution >= 0.6 is 11.8 Å². The van der Waals surface area contributed by atoms with Crippen molar-refractivity contribution < 1.29 is 14.5 Å². The Balaban J connectivity index is 1.42. The average Bonchev–Trinajstić information content (AvgIpc) is 2.78. The SMILES string of the molecule is O=C(CSc1ncccn1)N/N=C\c1ccc(OCc2ccc([N+](=O)[O-])cc2)cc1. The molecule has 1 aromatic heterocycles. The van der Waals surface area contributed by atoms with Crippen LogP contribution in [-0.2, 0) is 11.4 Å². The number of rotatable bonds is 9. The third-order valence-corrected chi connectivity index (χ3v) is 4.59. The van der Waals surface area contributed by atoms with Crippen LogP contribution in [0, 0.1) is 10.1 Å². The smallest absolute Gasteiger partial charge is 0.269 e. The monoisotopic (exact) mass is 423 g/mol. The molecule has 0 aliphatic carbocycles. The molecule has 30 heavy (non-hydrogen) atoms. The van der Waals surface area contributed by atoms with Crippen molar-refractivity contribution >= 4 is 29.6 Å². The van der Waals surface area contributed by atoms with Crippen LogP contribution in [0.1, 0.15) is 11.1 Å². The van der Waals surface area contributed by atoms with E-state index >= 15 is 0 Å².